The number of furan rings is 1. The third-order valence-electron chi connectivity index (χ3n) is 5.72. The second-order valence-electron chi connectivity index (χ2n) is 7.31. The summed E-state index contributed by atoms with van der Waals surface area (Å²) in [6, 6.07) is 9.33. The van der Waals surface area contributed by atoms with Crippen LogP contribution >= 0.6 is 0 Å². The van der Waals surface area contributed by atoms with Crippen molar-refractivity contribution in [3.63, 3.8) is 0 Å². The van der Waals surface area contributed by atoms with Crippen LogP contribution in [0.2, 0.25) is 0 Å². The predicted molar refractivity (Wildman–Crippen MR) is 98.3 cm³/mol. The van der Waals surface area contributed by atoms with Gasteiger partial charge in [-0.1, -0.05) is 0 Å². The van der Waals surface area contributed by atoms with Crippen LogP contribution in [0.4, 0.5) is 0 Å². The van der Waals surface area contributed by atoms with Gasteiger partial charge in [0.05, 0.1) is 18.9 Å². The first-order valence-electron chi connectivity index (χ1n) is 9.19. The molecule has 6 heteroatoms. The van der Waals surface area contributed by atoms with Gasteiger partial charge >= 0.3 is 5.97 Å². The Bertz CT molecular complexity index is 1030. The van der Waals surface area contributed by atoms with Gasteiger partial charge in [-0.3, -0.25) is 4.79 Å². The number of carbonyl (C=O) groups excluding carboxylic acids is 2. The minimum absolute atomic E-state index is 0.0218. The highest BCUT2D eigenvalue weighted by atomic mass is 16.5. The van der Waals surface area contributed by atoms with Crippen LogP contribution in [0, 0.1) is 5.92 Å². The fourth-order valence-corrected chi connectivity index (χ4v) is 4.17. The standard InChI is InChI=1S/C21H20N2O4/c1-26-21(25)12-4-5-17-13(9-12)16-11-23(7-6-18(16)22-17)20(24)15-10-14(15)19-3-2-8-27-19/h2-5,8-9,14-15,22H,6-7,10-11H2,1H3/t14-,15+/m1/s1. The molecular weight excluding hydrogens is 344 g/mol. The first-order chi connectivity index (χ1) is 13.2. The van der Waals surface area contributed by atoms with E-state index >= 15 is 0 Å². The maximum Gasteiger partial charge on any atom is 0.337 e. The van der Waals surface area contributed by atoms with E-state index in [1.807, 2.05) is 29.2 Å². The van der Waals surface area contributed by atoms with Crippen LogP contribution in [0.1, 0.15) is 39.7 Å². The topological polar surface area (TPSA) is 75.5 Å². The third-order valence-corrected chi connectivity index (χ3v) is 5.72. The summed E-state index contributed by atoms with van der Waals surface area (Å²) in [5.41, 5.74) is 3.76. The highest BCUT2D eigenvalue weighted by Gasteiger charge is 2.47. The zero-order valence-corrected chi connectivity index (χ0v) is 15.0. The number of hydrogen-bond donors (Lipinski definition) is 1. The number of nitrogens with one attached hydrogen (secondary N) is 1. The first-order valence-corrected chi connectivity index (χ1v) is 9.19. The number of fused-ring (bicyclic) bond motifs is 3. The Balaban J connectivity index is 1.40. The minimum atomic E-state index is -0.352. The summed E-state index contributed by atoms with van der Waals surface area (Å²) >= 11 is 0. The average Bonchev–Trinajstić information content (AvgIpc) is 3.14. The molecule has 2 aromatic heterocycles. The molecule has 3 heterocycles. The summed E-state index contributed by atoms with van der Waals surface area (Å²) in [6.45, 7) is 1.28. The highest BCUT2D eigenvalue weighted by molar-refractivity contribution is 5.96. The molecule has 138 valence electrons. The Morgan fingerprint density at radius 2 is 2.19 bits per heavy atom. The van der Waals surface area contributed by atoms with Gasteiger partial charge in [0.25, 0.3) is 0 Å². The largest absolute Gasteiger partial charge is 0.469 e. The van der Waals surface area contributed by atoms with Gasteiger partial charge in [-0.2, -0.15) is 0 Å². The van der Waals surface area contributed by atoms with Gasteiger partial charge in [0, 0.05) is 53.5 Å². The molecule has 1 saturated carbocycles. The number of aromatic amines is 1. The number of esters is 1. The summed E-state index contributed by atoms with van der Waals surface area (Å²) in [5, 5.41) is 0.990. The van der Waals surface area contributed by atoms with Crippen molar-refractivity contribution >= 4 is 22.8 Å². The van der Waals surface area contributed by atoms with Gasteiger partial charge in [-0.15, -0.1) is 0 Å². The van der Waals surface area contributed by atoms with Crippen LogP contribution in [0.25, 0.3) is 10.9 Å². The summed E-state index contributed by atoms with van der Waals surface area (Å²) in [7, 11) is 1.38. The van der Waals surface area contributed by atoms with Gasteiger partial charge < -0.3 is 19.0 Å². The summed E-state index contributed by atoms with van der Waals surface area (Å²) in [6.07, 6.45) is 3.31. The Hall–Kier alpha value is -3.02. The SMILES string of the molecule is COC(=O)c1ccc2[nH]c3c(c2c1)CN(C(=O)[C@H]1C[C@H]1c1ccco1)CC3. The fraction of sp³-hybridized carbons (Fsp3) is 0.333. The highest BCUT2D eigenvalue weighted by Crippen LogP contribution is 2.49. The van der Waals surface area contributed by atoms with Gasteiger partial charge in [0.2, 0.25) is 5.91 Å². The van der Waals surface area contributed by atoms with E-state index in [4.69, 9.17) is 9.15 Å². The molecule has 2 atom stereocenters. The molecule has 3 aromatic rings. The summed E-state index contributed by atoms with van der Waals surface area (Å²) in [4.78, 5) is 30.2. The third kappa shape index (κ3) is 2.63. The van der Waals surface area contributed by atoms with Crippen LogP contribution < -0.4 is 0 Å². The van der Waals surface area contributed by atoms with Crippen molar-refractivity contribution in [3.8, 4) is 0 Å². The van der Waals surface area contributed by atoms with E-state index < -0.39 is 0 Å². The Morgan fingerprint density at radius 3 is 2.96 bits per heavy atom. The van der Waals surface area contributed by atoms with Crippen LogP contribution in [-0.2, 0) is 22.5 Å². The predicted octanol–water partition coefficient (Wildman–Crippen LogP) is 3.24. The lowest BCUT2D eigenvalue weighted by molar-refractivity contribution is -0.133. The first kappa shape index (κ1) is 16.2. The molecule has 27 heavy (non-hydrogen) atoms. The van der Waals surface area contributed by atoms with Crippen molar-refractivity contribution in [2.24, 2.45) is 5.92 Å². The molecule has 1 aliphatic carbocycles. The second kappa shape index (κ2) is 6.01. The number of benzene rings is 1. The molecule has 0 bridgehead atoms. The summed E-state index contributed by atoms with van der Waals surface area (Å²) < 4.78 is 10.3. The summed E-state index contributed by atoms with van der Waals surface area (Å²) in [5.74, 6) is 0.979. The van der Waals surface area contributed by atoms with E-state index in [0.29, 0.717) is 18.7 Å². The van der Waals surface area contributed by atoms with E-state index in [2.05, 4.69) is 4.98 Å². The normalized spacial score (nSPS) is 21.1. The molecule has 0 saturated heterocycles. The van der Waals surface area contributed by atoms with E-state index in [1.165, 1.54) is 7.11 Å². The lowest BCUT2D eigenvalue weighted by atomic mass is 10.0. The lowest BCUT2D eigenvalue weighted by Crippen LogP contribution is -2.37. The monoisotopic (exact) mass is 364 g/mol. The van der Waals surface area contributed by atoms with Crippen molar-refractivity contribution in [2.75, 3.05) is 13.7 Å². The molecule has 1 amide bonds. The minimum Gasteiger partial charge on any atom is -0.469 e. The molecule has 0 unspecified atom stereocenters. The molecule has 5 rings (SSSR count). The average molecular weight is 364 g/mol. The van der Waals surface area contributed by atoms with Gasteiger partial charge in [-0.05, 0) is 36.8 Å². The fourth-order valence-electron chi connectivity index (χ4n) is 4.17. The number of nitrogens with zero attached hydrogens (tertiary/aromatic N) is 1. The van der Waals surface area contributed by atoms with Crippen LogP contribution in [0.3, 0.4) is 0 Å². The number of rotatable bonds is 3. The Kier molecular flexibility index (Phi) is 3.60. The number of hydrogen-bond acceptors (Lipinski definition) is 4. The molecular formula is C21H20N2O4. The number of aromatic nitrogens is 1. The maximum atomic E-state index is 13.0. The van der Waals surface area contributed by atoms with Gasteiger partial charge in [-0.25, -0.2) is 4.79 Å². The zero-order valence-electron chi connectivity index (χ0n) is 15.0. The van der Waals surface area contributed by atoms with Crippen molar-refractivity contribution in [3.05, 3.63) is 59.2 Å². The van der Waals surface area contributed by atoms with E-state index in [1.54, 1.807) is 12.3 Å². The number of ether oxygens (including phenoxy) is 1. The van der Waals surface area contributed by atoms with E-state index in [0.717, 1.165) is 40.8 Å². The Labute approximate surface area is 156 Å². The second-order valence-corrected chi connectivity index (χ2v) is 7.31. The molecule has 6 nitrogen and oxygen atoms in total. The van der Waals surface area contributed by atoms with Crippen molar-refractivity contribution in [1.29, 1.82) is 0 Å². The maximum absolute atomic E-state index is 13.0. The van der Waals surface area contributed by atoms with Gasteiger partial charge in [0.1, 0.15) is 5.76 Å². The molecule has 1 fully saturated rings. The van der Waals surface area contributed by atoms with Crippen LogP contribution in [0.15, 0.2) is 41.0 Å². The van der Waals surface area contributed by atoms with Gasteiger partial charge in [0.15, 0.2) is 0 Å². The number of carbonyl (C=O) groups is 2. The van der Waals surface area contributed by atoms with E-state index in [-0.39, 0.29) is 23.7 Å². The van der Waals surface area contributed by atoms with Crippen LogP contribution in [-0.4, -0.2) is 35.4 Å². The molecule has 0 radical (unpaired) electrons. The molecule has 1 aliphatic heterocycles. The molecule has 1 N–H and O–H groups in total. The van der Waals surface area contributed by atoms with E-state index in [9.17, 15) is 9.59 Å². The Morgan fingerprint density at radius 1 is 1.30 bits per heavy atom. The molecule has 1 aromatic carbocycles. The van der Waals surface area contributed by atoms with Crippen molar-refractivity contribution in [2.45, 2.75) is 25.3 Å². The van der Waals surface area contributed by atoms with Crippen molar-refractivity contribution < 1.29 is 18.7 Å². The zero-order chi connectivity index (χ0) is 18.5. The van der Waals surface area contributed by atoms with Crippen molar-refractivity contribution in [1.82, 2.24) is 9.88 Å². The molecule has 2 aliphatic rings. The lowest BCUT2D eigenvalue weighted by Gasteiger charge is -2.27. The smallest absolute Gasteiger partial charge is 0.337 e. The quantitative estimate of drug-likeness (QED) is 0.724. The number of H-pyrrole nitrogens is 1. The molecule has 0 spiro atoms. The number of methoxy groups -OCH3 is 1. The number of amides is 1. The van der Waals surface area contributed by atoms with Crippen LogP contribution in [0.5, 0.6) is 0 Å².